The topological polar surface area (TPSA) is 47.9 Å². The van der Waals surface area contributed by atoms with Crippen LogP contribution in [0.1, 0.15) is 39.5 Å². The molecule has 0 saturated heterocycles. The van der Waals surface area contributed by atoms with Gasteiger partial charge < -0.3 is 18.4 Å². The van der Waals surface area contributed by atoms with Crippen molar-refractivity contribution in [2.75, 3.05) is 21.3 Å². The summed E-state index contributed by atoms with van der Waals surface area (Å²) in [6, 6.07) is 0.748. The minimum atomic E-state index is -2.47. The highest BCUT2D eigenvalue weighted by Gasteiger charge is 2.37. The molecule has 0 aromatic rings. The Balaban J connectivity index is 3.96. The van der Waals surface area contributed by atoms with Gasteiger partial charge in [0.1, 0.15) is 0 Å². The third-order valence-electron chi connectivity index (χ3n) is 3.04. The van der Waals surface area contributed by atoms with E-state index in [-0.39, 0.29) is 0 Å². The van der Waals surface area contributed by atoms with Crippen molar-refractivity contribution in [2.24, 2.45) is 0 Å². The van der Waals surface area contributed by atoms with Gasteiger partial charge >= 0.3 is 8.80 Å². The quantitative estimate of drug-likeness (QED) is 0.492. The van der Waals surface area contributed by atoms with Crippen molar-refractivity contribution in [1.29, 1.82) is 0 Å². The van der Waals surface area contributed by atoms with Crippen LogP contribution in [0.5, 0.6) is 0 Å². The molecule has 0 aliphatic rings. The summed E-state index contributed by atoms with van der Waals surface area (Å²) < 4.78 is 16.1. The molecular weight excluding hydrogens is 248 g/mol. The molecule has 18 heavy (non-hydrogen) atoms. The van der Waals surface area contributed by atoms with Crippen LogP contribution in [0.4, 0.5) is 0 Å². The van der Waals surface area contributed by atoms with Gasteiger partial charge in [0.2, 0.25) is 0 Å². The Morgan fingerprint density at radius 2 is 1.61 bits per heavy atom. The molecule has 0 bridgehead atoms. The Labute approximate surface area is 112 Å². The van der Waals surface area contributed by atoms with Gasteiger partial charge in [0.05, 0.1) is 5.60 Å². The second-order valence-electron chi connectivity index (χ2n) is 5.21. The highest BCUT2D eigenvalue weighted by atomic mass is 28.4. The van der Waals surface area contributed by atoms with E-state index < -0.39 is 14.4 Å². The van der Waals surface area contributed by atoms with Gasteiger partial charge in [0, 0.05) is 27.4 Å². The van der Waals surface area contributed by atoms with Crippen LogP contribution in [-0.4, -0.2) is 40.8 Å². The minimum absolute atomic E-state index is 0.593. The Morgan fingerprint density at radius 3 is 2.00 bits per heavy atom. The fourth-order valence-electron chi connectivity index (χ4n) is 1.78. The zero-order valence-electron chi connectivity index (χ0n) is 12.4. The molecule has 0 aromatic carbocycles. The van der Waals surface area contributed by atoms with Gasteiger partial charge in [-0.2, -0.15) is 0 Å². The fourth-order valence-corrected chi connectivity index (χ4v) is 3.55. The monoisotopic (exact) mass is 276 g/mol. The normalized spacial score (nSPS) is 12.8. The number of rotatable bonds is 10. The third-order valence-corrected chi connectivity index (χ3v) is 5.77. The predicted molar refractivity (Wildman–Crippen MR) is 75.5 cm³/mol. The van der Waals surface area contributed by atoms with Crippen LogP contribution in [-0.2, 0) is 13.3 Å². The molecule has 0 heterocycles. The summed E-state index contributed by atoms with van der Waals surface area (Å²) in [7, 11) is 2.40. The van der Waals surface area contributed by atoms with Crippen molar-refractivity contribution < 1.29 is 18.4 Å². The Morgan fingerprint density at radius 1 is 1.11 bits per heavy atom. The van der Waals surface area contributed by atoms with Gasteiger partial charge in [-0.15, -0.1) is 0 Å². The standard InChI is InChI=1S/C13H28O4Si/c1-12(8-7-10-13(2,3)14)9-11-18(15-4,16-5)17-6/h14H,1,7-11H2,2-6H3. The molecule has 0 radical (unpaired) electrons. The van der Waals surface area contributed by atoms with Crippen molar-refractivity contribution >= 4 is 8.80 Å². The van der Waals surface area contributed by atoms with Crippen LogP contribution in [0.3, 0.4) is 0 Å². The predicted octanol–water partition coefficient (Wildman–Crippen LogP) is 2.75. The van der Waals surface area contributed by atoms with E-state index >= 15 is 0 Å². The zero-order chi connectivity index (χ0) is 14.2. The molecule has 0 spiro atoms. The van der Waals surface area contributed by atoms with Crippen molar-refractivity contribution in [1.82, 2.24) is 0 Å². The minimum Gasteiger partial charge on any atom is -0.390 e. The molecule has 0 fully saturated rings. The molecule has 0 saturated carbocycles. The van der Waals surface area contributed by atoms with Gasteiger partial charge in [0.15, 0.2) is 0 Å². The third kappa shape index (κ3) is 7.28. The van der Waals surface area contributed by atoms with E-state index in [0.29, 0.717) is 0 Å². The lowest BCUT2D eigenvalue weighted by atomic mass is 9.99. The SMILES string of the molecule is C=C(CCCC(C)(C)O)CC[Si](OC)(OC)OC. The first-order chi connectivity index (χ1) is 8.28. The second kappa shape index (κ2) is 8.07. The summed E-state index contributed by atoms with van der Waals surface area (Å²) in [6.45, 7) is 7.71. The van der Waals surface area contributed by atoms with E-state index in [1.807, 2.05) is 13.8 Å². The van der Waals surface area contributed by atoms with Crippen molar-refractivity contribution in [3.05, 3.63) is 12.2 Å². The lowest BCUT2D eigenvalue weighted by Gasteiger charge is -2.24. The first-order valence-corrected chi connectivity index (χ1v) is 8.26. The van der Waals surface area contributed by atoms with Gasteiger partial charge in [-0.3, -0.25) is 0 Å². The van der Waals surface area contributed by atoms with Gasteiger partial charge in [-0.1, -0.05) is 12.2 Å². The first-order valence-electron chi connectivity index (χ1n) is 6.33. The highest BCUT2D eigenvalue weighted by Crippen LogP contribution is 2.22. The molecule has 1 N–H and O–H groups in total. The molecule has 0 amide bonds. The Bertz CT molecular complexity index is 236. The summed E-state index contributed by atoms with van der Waals surface area (Å²) in [5, 5.41) is 9.62. The van der Waals surface area contributed by atoms with Crippen molar-refractivity contribution in [3.8, 4) is 0 Å². The van der Waals surface area contributed by atoms with Crippen molar-refractivity contribution in [3.63, 3.8) is 0 Å². The molecule has 0 rings (SSSR count). The summed E-state index contributed by atoms with van der Waals surface area (Å²) in [5.74, 6) is 0. The maximum absolute atomic E-state index is 9.62. The summed E-state index contributed by atoms with van der Waals surface area (Å²) >= 11 is 0. The van der Waals surface area contributed by atoms with Crippen LogP contribution in [0.2, 0.25) is 6.04 Å². The van der Waals surface area contributed by atoms with Gasteiger partial charge in [-0.25, -0.2) is 0 Å². The molecule has 108 valence electrons. The maximum atomic E-state index is 9.62. The smallest absolute Gasteiger partial charge is 0.390 e. The number of allylic oxidation sites excluding steroid dienone is 1. The summed E-state index contributed by atoms with van der Waals surface area (Å²) in [5.41, 5.74) is 0.562. The van der Waals surface area contributed by atoms with Crippen LogP contribution < -0.4 is 0 Å². The molecule has 0 aliphatic heterocycles. The average molecular weight is 276 g/mol. The fraction of sp³-hybridized carbons (Fsp3) is 0.846. The van der Waals surface area contributed by atoms with Crippen LogP contribution in [0.25, 0.3) is 0 Å². The molecule has 0 aliphatic carbocycles. The summed E-state index contributed by atoms with van der Waals surface area (Å²) in [6.07, 6.45) is 3.50. The first kappa shape index (κ1) is 17.8. The molecule has 0 unspecified atom stereocenters. The molecular formula is C13H28O4Si. The van der Waals surface area contributed by atoms with E-state index in [9.17, 15) is 5.11 Å². The molecule has 4 nitrogen and oxygen atoms in total. The highest BCUT2D eigenvalue weighted by molar-refractivity contribution is 6.60. The van der Waals surface area contributed by atoms with E-state index in [4.69, 9.17) is 13.3 Å². The van der Waals surface area contributed by atoms with Crippen LogP contribution in [0.15, 0.2) is 12.2 Å². The van der Waals surface area contributed by atoms with Gasteiger partial charge in [-0.05, 0) is 39.5 Å². The van der Waals surface area contributed by atoms with Crippen LogP contribution >= 0.6 is 0 Å². The number of aliphatic hydroxyl groups is 1. The largest absolute Gasteiger partial charge is 0.500 e. The van der Waals surface area contributed by atoms with E-state index in [1.165, 1.54) is 0 Å². The molecule has 0 aromatic heterocycles. The van der Waals surface area contributed by atoms with E-state index in [1.54, 1.807) is 21.3 Å². The lowest BCUT2D eigenvalue weighted by Crippen LogP contribution is -2.42. The Kier molecular flexibility index (Phi) is 7.97. The Hall–Kier alpha value is -0.203. The van der Waals surface area contributed by atoms with Crippen molar-refractivity contribution in [2.45, 2.75) is 51.2 Å². The number of hydrogen-bond donors (Lipinski definition) is 1. The van der Waals surface area contributed by atoms with Gasteiger partial charge in [0.25, 0.3) is 0 Å². The van der Waals surface area contributed by atoms with E-state index in [0.717, 1.165) is 37.3 Å². The number of hydrogen-bond acceptors (Lipinski definition) is 4. The summed E-state index contributed by atoms with van der Waals surface area (Å²) in [4.78, 5) is 0. The lowest BCUT2D eigenvalue weighted by molar-refractivity contribution is 0.0688. The molecule has 5 heteroatoms. The maximum Gasteiger partial charge on any atom is 0.500 e. The zero-order valence-corrected chi connectivity index (χ0v) is 13.4. The van der Waals surface area contributed by atoms with E-state index in [2.05, 4.69) is 6.58 Å². The second-order valence-corrected chi connectivity index (χ2v) is 8.30. The van der Waals surface area contributed by atoms with Crippen LogP contribution in [0, 0.1) is 0 Å². The molecule has 0 atom stereocenters. The average Bonchev–Trinajstić information content (AvgIpc) is 2.30.